The summed E-state index contributed by atoms with van der Waals surface area (Å²) in [7, 11) is 1.64. The minimum Gasteiger partial charge on any atom is -0.478 e. The molecule has 0 bridgehead atoms. The number of rotatable bonds is 9. The van der Waals surface area contributed by atoms with Crippen LogP contribution in [0.15, 0.2) is 48.5 Å². The number of carboxylic acids is 1. The second-order valence-corrected chi connectivity index (χ2v) is 10.1. The van der Waals surface area contributed by atoms with Crippen molar-refractivity contribution in [3.05, 3.63) is 75.7 Å². The van der Waals surface area contributed by atoms with Crippen molar-refractivity contribution in [1.29, 1.82) is 0 Å². The van der Waals surface area contributed by atoms with Crippen LogP contribution in [0.1, 0.15) is 53.5 Å². The molecule has 8 heteroatoms. The highest BCUT2D eigenvalue weighted by Crippen LogP contribution is 2.37. The molecule has 1 aromatic heterocycles. The predicted octanol–water partition coefficient (Wildman–Crippen LogP) is 7.61. The van der Waals surface area contributed by atoms with Gasteiger partial charge in [-0.2, -0.15) is 13.2 Å². The van der Waals surface area contributed by atoms with E-state index >= 15 is 0 Å². The number of hydrogen-bond acceptors (Lipinski definition) is 4. The average molecular weight is 507 g/mol. The lowest BCUT2D eigenvalue weighted by Crippen LogP contribution is -2.38. The van der Waals surface area contributed by atoms with Crippen molar-refractivity contribution >= 4 is 17.3 Å². The maximum atomic E-state index is 12.8. The molecule has 0 spiro atoms. The summed E-state index contributed by atoms with van der Waals surface area (Å²) < 4.78 is 50.0. The quantitative estimate of drug-likeness (QED) is 0.324. The van der Waals surface area contributed by atoms with E-state index in [1.165, 1.54) is 37.3 Å². The summed E-state index contributed by atoms with van der Waals surface area (Å²) in [4.78, 5) is 13.3. The molecule has 0 amide bonds. The van der Waals surface area contributed by atoms with Gasteiger partial charge >= 0.3 is 12.1 Å². The van der Waals surface area contributed by atoms with Gasteiger partial charge in [-0.1, -0.05) is 24.3 Å². The van der Waals surface area contributed by atoms with Crippen LogP contribution in [-0.4, -0.2) is 23.8 Å². The van der Waals surface area contributed by atoms with Crippen LogP contribution < -0.4 is 4.74 Å². The molecule has 1 heterocycles. The number of alkyl halides is 3. The van der Waals surface area contributed by atoms with Crippen LogP contribution in [0.2, 0.25) is 0 Å². The maximum Gasteiger partial charge on any atom is 0.416 e. The van der Waals surface area contributed by atoms with Gasteiger partial charge in [0.1, 0.15) is 5.75 Å². The van der Waals surface area contributed by atoms with E-state index < -0.39 is 23.3 Å². The van der Waals surface area contributed by atoms with E-state index in [2.05, 4.69) is 0 Å². The van der Waals surface area contributed by atoms with Crippen LogP contribution in [0.3, 0.4) is 0 Å². The topological polar surface area (TPSA) is 55.8 Å². The highest BCUT2D eigenvalue weighted by molar-refractivity contribution is 7.15. The Bertz CT molecular complexity index is 1160. The molecule has 188 valence electrons. The maximum absolute atomic E-state index is 12.8. The molecular weight excluding hydrogens is 477 g/mol. The molecule has 0 saturated heterocycles. The van der Waals surface area contributed by atoms with Crippen LogP contribution in [-0.2, 0) is 22.1 Å². The zero-order valence-corrected chi connectivity index (χ0v) is 21.1. The molecule has 0 aliphatic carbocycles. The van der Waals surface area contributed by atoms with Crippen LogP contribution in [0.4, 0.5) is 13.2 Å². The van der Waals surface area contributed by atoms with E-state index in [4.69, 9.17) is 9.47 Å². The molecule has 1 atom stereocenters. The highest BCUT2D eigenvalue weighted by atomic mass is 32.1. The summed E-state index contributed by atoms with van der Waals surface area (Å²) in [6.07, 6.45) is -3.07. The van der Waals surface area contributed by atoms with E-state index in [-0.39, 0.29) is 6.10 Å². The van der Waals surface area contributed by atoms with Crippen molar-refractivity contribution in [1.82, 2.24) is 0 Å². The SMILES string of the molecule is COC(CCc1cc(C)c(OC(C)(C)C(=O)O)c(C)c1)c1ccc(-c2ccc(C(F)(F)F)cc2)s1. The lowest BCUT2D eigenvalue weighted by Gasteiger charge is -2.24. The van der Waals surface area contributed by atoms with Crippen molar-refractivity contribution in [3.8, 4) is 16.2 Å². The Morgan fingerprint density at radius 1 is 1.03 bits per heavy atom. The summed E-state index contributed by atoms with van der Waals surface area (Å²) in [6, 6.07) is 13.0. The van der Waals surface area contributed by atoms with Crippen molar-refractivity contribution in [3.63, 3.8) is 0 Å². The summed E-state index contributed by atoms with van der Waals surface area (Å²) in [5, 5.41) is 9.36. The van der Waals surface area contributed by atoms with Crippen LogP contribution in [0.25, 0.3) is 10.4 Å². The van der Waals surface area contributed by atoms with E-state index in [0.29, 0.717) is 12.2 Å². The normalized spacial score (nSPS) is 13.0. The fourth-order valence-electron chi connectivity index (χ4n) is 3.82. The van der Waals surface area contributed by atoms with Gasteiger partial charge in [0, 0.05) is 16.9 Å². The van der Waals surface area contributed by atoms with Gasteiger partial charge in [0.15, 0.2) is 5.60 Å². The minimum absolute atomic E-state index is 0.161. The molecule has 0 saturated carbocycles. The Hall–Kier alpha value is -2.84. The molecule has 1 unspecified atom stereocenters. The van der Waals surface area contributed by atoms with Crippen molar-refractivity contribution in [2.24, 2.45) is 0 Å². The van der Waals surface area contributed by atoms with E-state index in [0.717, 1.165) is 50.6 Å². The minimum atomic E-state index is -4.35. The second kappa shape index (κ2) is 10.4. The highest BCUT2D eigenvalue weighted by Gasteiger charge is 2.31. The molecule has 3 rings (SSSR count). The molecular formula is C27H29F3O4S. The van der Waals surface area contributed by atoms with Crippen molar-refractivity contribution in [2.45, 2.75) is 58.4 Å². The molecule has 1 N–H and O–H groups in total. The number of ether oxygens (including phenoxy) is 2. The Balaban J connectivity index is 1.71. The van der Waals surface area contributed by atoms with Gasteiger partial charge < -0.3 is 14.6 Å². The smallest absolute Gasteiger partial charge is 0.416 e. The number of hydrogen-bond donors (Lipinski definition) is 1. The van der Waals surface area contributed by atoms with Crippen molar-refractivity contribution < 1.29 is 32.5 Å². The Morgan fingerprint density at radius 2 is 1.63 bits per heavy atom. The largest absolute Gasteiger partial charge is 0.478 e. The molecule has 0 aliphatic rings. The third-order valence-corrected chi connectivity index (χ3v) is 7.04. The molecule has 35 heavy (non-hydrogen) atoms. The van der Waals surface area contributed by atoms with Crippen LogP contribution >= 0.6 is 11.3 Å². The van der Waals surface area contributed by atoms with Crippen molar-refractivity contribution in [2.75, 3.05) is 7.11 Å². The molecule has 0 aliphatic heterocycles. The molecule has 4 nitrogen and oxygen atoms in total. The molecule has 0 fully saturated rings. The first kappa shape index (κ1) is 26.8. The third-order valence-electron chi connectivity index (χ3n) is 5.81. The van der Waals surface area contributed by atoms with Gasteiger partial charge in [0.2, 0.25) is 0 Å². The first-order chi connectivity index (χ1) is 16.3. The molecule has 3 aromatic rings. The number of carboxylic acid groups (broad SMARTS) is 1. The first-order valence-electron chi connectivity index (χ1n) is 11.1. The van der Waals surface area contributed by atoms with Crippen LogP contribution in [0, 0.1) is 13.8 Å². The predicted molar refractivity (Wildman–Crippen MR) is 131 cm³/mol. The lowest BCUT2D eigenvalue weighted by molar-refractivity contribution is -0.152. The zero-order chi connectivity index (χ0) is 26.0. The Morgan fingerprint density at radius 3 is 2.14 bits per heavy atom. The number of thiophene rings is 1. The lowest BCUT2D eigenvalue weighted by atomic mass is 9.99. The molecule has 2 aromatic carbocycles. The monoisotopic (exact) mass is 506 g/mol. The van der Waals surface area contributed by atoms with E-state index in [1.807, 2.05) is 38.1 Å². The number of methoxy groups -OCH3 is 1. The van der Waals surface area contributed by atoms with E-state index in [1.54, 1.807) is 7.11 Å². The summed E-state index contributed by atoms with van der Waals surface area (Å²) >= 11 is 1.50. The standard InChI is InChI=1S/C27H29F3O4S/c1-16-14-18(15-17(2)24(16)34-26(3,4)25(31)32)6-11-21(33-5)23-13-12-22(35-23)19-7-9-20(10-8-19)27(28,29)30/h7-10,12-15,21H,6,11H2,1-5H3,(H,31,32). The average Bonchev–Trinajstić information content (AvgIpc) is 3.26. The van der Waals surface area contributed by atoms with Gasteiger partial charge in [-0.15, -0.1) is 11.3 Å². The number of aryl methyl sites for hydroxylation is 3. The number of aliphatic carboxylic acids is 1. The second-order valence-electron chi connectivity index (χ2n) is 9.02. The van der Waals surface area contributed by atoms with Crippen LogP contribution in [0.5, 0.6) is 5.75 Å². The summed E-state index contributed by atoms with van der Waals surface area (Å²) in [6.45, 7) is 6.83. The van der Waals surface area contributed by atoms with Gasteiger partial charge in [-0.3, -0.25) is 0 Å². The Kier molecular flexibility index (Phi) is 7.97. The first-order valence-corrected chi connectivity index (χ1v) is 12.0. The number of halogens is 3. The summed E-state index contributed by atoms with van der Waals surface area (Å²) in [5.41, 5.74) is 1.55. The fraction of sp³-hybridized carbons (Fsp3) is 0.370. The third kappa shape index (κ3) is 6.44. The zero-order valence-electron chi connectivity index (χ0n) is 20.3. The summed E-state index contributed by atoms with van der Waals surface area (Å²) in [5.74, 6) is -0.459. The number of benzene rings is 2. The van der Waals surface area contributed by atoms with Gasteiger partial charge in [0.25, 0.3) is 0 Å². The molecule has 0 radical (unpaired) electrons. The fourth-order valence-corrected chi connectivity index (χ4v) is 4.95. The van der Waals surface area contributed by atoms with Gasteiger partial charge in [-0.05, 0) is 87.1 Å². The van der Waals surface area contributed by atoms with Gasteiger partial charge in [0.05, 0.1) is 11.7 Å². The number of carbonyl (C=O) groups is 1. The Labute approximate surface area is 207 Å². The van der Waals surface area contributed by atoms with Gasteiger partial charge in [-0.25, -0.2) is 4.79 Å². The van der Waals surface area contributed by atoms with E-state index in [9.17, 15) is 23.1 Å².